The van der Waals surface area contributed by atoms with E-state index in [4.69, 9.17) is 28.4 Å². The van der Waals surface area contributed by atoms with Crippen molar-refractivity contribution in [3.63, 3.8) is 0 Å². The Kier molecular flexibility index (Phi) is 67.6. The second-order valence-electron chi connectivity index (χ2n) is 33.1. The number of rotatable bonds is 76. The zero-order valence-electron chi connectivity index (χ0n) is 71.4. The Morgan fingerprint density at radius 2 is 0.619 bits per heavy atom. The maximum absolute atomic E-state index is 13.5. The normalized spacial score (nSPS) is 25.1. The zero-order chi connectivity index (χ0) is 81.7. The van der Waals surface area contributed by atoms with Gasteiger partial charge in [-0.1, -0.05) is 382 Å². The summed E-state index contributed by atoms with van der Waals surface area (Å²) >= 11 is 0. The molecule has 0 spiro atoms. The van der Waals surface area contributed by atoms with E-state index >= 15 is 0 Å². The third-order valence-corrected chi connectivity index (χ3v) is 23.0. The van der Waals surface area contributed by atoms with E-state index in [0.29, 0.717) is 12.8 Å². The molecular formula is C94H171NO18. The molecule has 660 valence electrons. The molecule has 0 aromatic heterocycles. The van der Waals surface area contributed by atoms with Crippen LogP contribution in [0.5, 0.6) is 0 Å². The maximum atomic E-state index is 13.5. The topological polar surface area (TPSA) is 307 Å². The first-order chi connectivity index (χ1) is 55.3. The van der Waals surface area contributed by atoms with Crippen LogP contribution in [0.15, 0.2) is 72.9 Å². The van der Waals surface area contributed by atoms with E-state index in [0.717, 1.165) is 64.2 Å². The summed E-state index contributed by atoms with van der Waals surface area (Å²) in [4.78, 5) is 13.5. The van der Waals surface area contributed by atoms with Crippen LogP contribution in [0.3, 0.4) is 0 Å². The molecule has 3 rings (SSSR count). The van der Waals surface area contributed by atoms with Gasteiger partial charge < -0.3 is 89.9 Å². The third-order valence-electron chi connectivity index (χ3n) is 23.0. The molecule has 0 aromatic rings. The van der Waals surface area contributed by atoms with Gasteiger partial charge in [-0.25, -0.2) is 0 Å². The van der Waals surface area contributed by atoms with Crippen molar-refractivity contribution in [1.82, 2.24) is 5.32 Å². The summed E-state index contributed by atoms with van der Waals surface area (Å²) in [6, 6.07) is -0.992. The highest BCUT2D eigenvalue weighted by molar-refractivity contribution is 5.76. The lowest BCUT2D eigenvalue weighted by Crippen LogP contribution is -2.66. The molecule has 3 fully saturated rings. The molecule has 19 nitrogen and oxygen atoms in total. The van der Waals surface area contributed by atoms with Gasteiger partial charge in [0.05, 0.1) is 38.6 Å². The predicted octanol–water partition coefficient (Wildman–Crippen LogP) is 18.3. The van der Waals surface area contributed by atoms with Crippen LogP contribution in [0, 0.1) is 0 Å². The molecule has 0 aromatic carbocycles. The Hall–Kier alpha value is -2.77. The summed E-state index contributed by atoms with van der Waals surface area (Å²) in [5.74, 6) is -0.278. The minimum atomic E-state index is -1.98. The molecule has 3 saturated heterocycles. The first kappa shape index (κ1) is 104. The van der Waals surface area contributed by atoms with Crippen molar-refractivity contribution in [2.45, 2.75) is 491 Å². The number of unbranched alkanes of at least 4 members (excludes halogenated alkanes) is 50. The first-order valence-corrected chi connectivity index (χ1v) is 46.7. The molecule has 19 heteroatoms. The van der Waals surface area contributed by atoms with Crippen molar-refractivity contribution in [2.75, 3.05) is 26.4 Å². The van der Waals surface area contributed by atoms with Crippen molar-refractivity contribution in [3.05, 3.63) is 72.9 Å². The number of carbonyl (C=O) groups excluding carboxylic acids is 1. The van der Waals surface area contributed by atoms with Crippen LogP contribution in [0.1, 0.15) is 386 Å². The van der Waals surface area contributed by atoms with E-state index in [-0.39, 0.29) is 18.9 Å². The molecule has 0 saturated carbocycles. The van der Waals surface area contributed by atoms with E-state index in [2.05, 4.69) is 79.9 Å². The van der Waals surface area contributed by atoms with Crippen molar-refractivity contribution >= 4 is 5.91 Å². The average molecular weight is 1600 g/mol. The van der Waals surface area contributed by atoms with Crippen LogP contribution in [-0.4, -0.2) is 193 Å². The second-order valence-corrected chi connectivity index (χ2v) is 33.1. The van der Waals surface area contributed by atoms with Crippen molar-refractivity contribution in [2.24, 2.45) is 0 Å². The van der Waals surface area contributed by atoms with E-state index in [1.54, 1.807) is 6.08 Å². The van der Waals surface area contributed by atoms with Gasteiger partial charge in [-0.3, -0.25) is 4.79 Å². The number of aliphatic hydroxyl groups is 11. The lowest BCUT2D eigenvalue weighted by Gasteiger charge is -2.48. The molecule has 0 radical (unpaired) electrons. The summed E-state index contributed by atoms with van der Waals surface area (Å²) in [5.41, 5.74) is 0. The molecule has 17 unspecified atom stereocenters. The van der Waals surface area contributed by atoms with Gasteiger partial charge in [-0.15, -0.1) is 0 Å². The lowest BCUT2D eigenvalue weighted by atomic mass is 9.96. The summed E-state index contributed by atoms with van der Waals surface area (Å²) < 4.78 is 34.5. The molecule has 3 aliphatic heterocycles. The first-order valence-electron chi connectivity index (χ1n) is 46.7. The van der Waals surface area contributed by atoms with Crippen molar-refractivity contribution in [1.29, 1.82) is 0 Å². The SMILES string of the molecule is CC/C=C\C/C=C\C/C=C\C/C=C\CCCCCCCCCCCCCCCCCCCCCCCCCCCCCCC(=O)NC(COC1OC(CO)C(OC2OC(CO)C(OC3OC(CO)C(O)C(O)C3O)C(O)C2O)C(O)C1O)C(O)/C=C/CC/C=C/CCCCCCCCCCCCCCCCCCCCCCC. The zero-order valence-corrected chi connectivity index (χ0v) is 71.4. The molecular weight excluding hydrogens is 1430 g/mol. The van der Waals surface area contributed by atoms with Gasteiger partial charge in [0.2, 0.25) is 5.91 Å². The van der Waals surface area contributed by atoms with E-state index in [1.165, 1.54) is 289 Å². The number of amides is 1. The van der Waals surface area contributed by atoms with Crippen LogP contribution >= 0.6 is 0 Å². The van der Waals surface area contributed by atoms with Crippen LogP contribution in [0.25, 0.3) is 0 Å². The van der Waals surface area contributed by atoms with Crippen LogP contribution in [0.4, 0.5) is 0 Å². The predicted molar refractivity (Wildman–Crippen MR) is 457 cm³/mol. The van der Waals surface area contributed by atoms with E-state index in [9.17, 15) is 61.0 Å². The number of hydrogen-bond acceptors (Lipinski definition) is 18. The average Bonchev–Trinajstić information content (AvgIpc) is 0.777. The second kappa shape index (κ2) is 73.2. The molecule has 0 bridgehead atoms. The highest BCUT2D eigenvalue weighted by Gasteiger charge is 2.54. The summed E-state index contributed by atoms with van der Waals surface area (Å²) in [7, 11) is 0. The van der Waals surface area contributed by atoms with Crippen molar-refractivity contribution < 1.29 is 89.4 Å². The van der Waals surface area contributed by atoms with Gasteiger partial charge in [0.1, 0.15) is 73.2 Å². The minimum absolute atomic E-state index is 0.238. The Morgan fingerprint density at radius 1 is 0.327 bits per heavy atom. The molecule has 12 N–H and O–H groups in total. The molecule has 0 aliphatic carbocycles. The van der Waals surface area contributed by atoms with Gasteiger partial charge in [0.25, 0.3) is 0 Å². The van der Waals surface area contributed by atoms with Gasteiger partial charge in [0, 0.05) is 6.42 Å². The van der Waals surface area contributed by atoms with E-state index in [1.807, 2.05) is 6.08 Å². The van der Waals surface area contributed by atoms with Gasteiger partial charge in [0.15, 0.2) is 18.9 Å². The molecule has 1 amide bonds. The molecule has 3 aliphatic rings. The third kappa shape index (κ3) is 51.5. The molecule has 113 heavy (non-hydrogen) atoms. The Morgan fingerprint density at radius 3 is 0.991 bits per heavy atom. The summed E-state index contributed by atoms with van der Waals surface area (Å²) in [5, 5.41) is 121. The van der Waals surface area contributed by atoms with Crippen LogP contribution in [-0.2, 0) is 33.2 Å². The quantitative estimate of drug-likeness (QED) is 0.0199. The fourth-order valence-corrected chi connectivity index (χ4v) is 15.6. The van der Waals surface area contributed by atoms with Gasteiger partial charge >= 0.3 is 0 Å². The Labute approximate surface area is 687 Å². The van der Waals surface area contributed by atoms with Gasteiger partial charge in [-0.2, -0.15) is 0 Å². The van der Waals surface area contributed by atoms with E-state index < -0.39 is 124 Å². The number of carbonyl (C=O) groups is 1. The van der Waals surface area contributed by atoms with Crippen molar-refractivity contribution in [3.8, 4) is 0 Å². The Balaban J connectivity index is 1.30. The smallest absolute Gasteiger partial charge is 0.220 e. The number of allylic oxidation sites excluding steroid dienone is 11. The standard InChI is InChI=1S/C94H171NO18/c1-3-5-7-9-11-13-15-17-19-21-23-25-27-29-31-32-33-34-35-36-37-38-39-40-41-42-43-44-46-48-50-52-54-56-58-60-62-64-66-68-70-72-82(100)95-77(78(99)71-69-67-65-63-61-59-57-55-53-51-49-47-45-30-28-26-24-22-20-18-16-14-12-10-8-6-4-2)76-108-92-88(106)85(103)90(80(74-97)110-92)113-94-89(107)86(104)91(81(75-98)111-94)112-93-87(105)84(102)83(101)79(73-96)109-93/h5,7,11,13,17,19,23,25,61,63,69,71,77-81,83-94,96-99,101-107H,3-4,6,8-10,12,14-16,18,20-22,24,26-60,62,64-68,70,72-76H2,1-2H3,(H,95,100)/b7-5-,13-11-,19-17-,25-23-,63-61+,71-69+. The molecule has 17 atom stereocenters. The Bertz CT molecular complexity index is 2320. The largest absolute Gasteiger partial charge is 0.394 e. The minimum Gasteiger partial charge on any atom is -0.394 e. The highest BCUT2D eigenvalue weighted by Crippen LogP contribution is 2.34. The van der Waals surface area contributed by atoms with Crippen LogP contribution < -0.4 is 5.32 Å². The number of nitrogens with one attached hydrogen (secondary N) is 1. The lowest BCUT2D eigenvalue weighted by molar-refractivity contribution is -0.379. The number of aliphatic hydroxyl groups excluding tert-OH is 11. The highest BCUT2D eigenvalue weighted by atomic mass is 16.8. The monoisotopic (exact) mass is 1600 g/mol. The van der Waals surface area contributed by atoms with Crippen LogP contribution in [0.2, 0.25) is 0 Å². The van der Waals surface area contributed by atoms with Gasteiger partial charge in [-0.05, 0) is 70.6 Å². The maximum Gasteiger partial charge on any atom is 0.220 e. The summed E-state index contributed by atoms with van der Waals surface area (Å²) in [6.45, 7) is 1.66. The fraction of sp³-hybridized carbons (Fsp3) is 0.862. The number of hydrogen-bond donors (Lipinski definition) is 12. The number of ether oxygens (including phenoxy) is 6. The molecule has 3 heterocycles. The fourth-order valence-electron chi connectivity index (χ4n) is 15.6. The summed E-state index contributed by atoms with van der Waals surface area (Å²) in [6.07, 6.45) is 72.2.